The van der Waals surface area contributed by atoms with Gasteiger partial charge in [0.15, 0.2) is 0 Å². The van der Waals surface area contributed by atoms with Gasteiger partial charge in [0, 0.05) is 38.4 Å². The highest BCUT2D eigenvalue weighted by Gasteiger charge is 2.13. The van der Waals surface area contributed by atoms with E-state index in [2.05, 4.69) is 102 Å². The van der Waals surface area contributed by atoms with Gasteiger partial charge in [-0.3, -0.25) is 0 Å². The second-order valence-electron chi connectivity index (χ2n) is 6.20. The molecular formula is C20H14BrN5. The molecule has 5 rings (SSSR count). The maximum Gasteiger partial charge on any atom is 0.204 e. The standard InChI is InChI=1S/C20H14BrN5/c21-15-8-5-13(6-9-15)12-26-18-4-2-1-3-16(18)17-11-14(7-10-19(17)26)20-22-24-25-23-20/h1-11H,12H2,(H,22,23,24,25). The van der Waals surface area contributed by atoms with E-state index in [-0.39, 0.29) is 0 Å². The van der Waals surface area contributed by atoms with Crippen molar-refractivity contribution in [3.63, 3.8) is 0 Å². The van der Waals surface area contributed by atoms with Crippen molar-refractivity contribution in [2.75, 3.05) is 0 Å². The molecule has 2 heterocycles. The largest absolute Gasteiger partial charge is 0.336 e. The molecule has 0 spiro atoms. The molecule has 0 aliphatic carbocycles. The number of rotatable bonds is 3. The molecule has 126 valence electrons. The first-order valence-corrected chi connectivity index (χ1v) is 9.08. The molecule has 0 saturated carbocycles. The average molecular weight is 404 g/mol. The van der Waals surface area contributed by atoms with E-state index < -0.39 is 0 Å². The third-order valence-corrected chi connectivity index (χ3v) is 5.16. The Kier molecular flexibility index (Phi) is 3.57. The number of halogens is 1. The van der Waals surface area contributed by atoms with Gasteiger partial charge in [0.25, 0.3) is 0 Å². The van der Waals surface area contributed by atoms with Crippen molar-refractivity contribution in [1.29, 1.82) is 0 Å². The summed E-state index contributed by atoms with van der Waals surface area (Å²) in [6.07, 6.45) is 0. The molecule has 0 radical (unpaired) electrons. The van der Waals surface area contributed by atoms with E-state index >= 15 is 0 Å². The van der Waals surface area contributed by atoms with E-state index in [0.29, 0.717) is 5.82 Å². The summed E-state index contributed by atoms with van der Waals surface area (Å²) in [5.74, 6) is 0.608. The van der Waals surface area contributed by atoms with Gasteiger partial charge in [-0.25, -0.2) is 0 Å². The fourth-order valence-corrected chi connectivity index (χ4v) is 3.68. The van der Waals surface area contributed by atoms with E-state index in [1.165, 1.54) is 27.4 Å². The molecule has 0 atom stereocenters. The predicted molar refractivity (Wildman–Crippen MR) is 106 cm³/mol. The van der Waals surface area contributed by atoms with Gasteiger partial charge >= 0.3 is 0 Å². The Hall–Kier alpha value is -2.99. The van der Waals surface area contributed by atoms with Gasteiger partial charge in [-0.15, -0.1) is 10.2 Å². The van der Waals surface area contributed by atoms with E-state index in [1.807, 2.05) is 6.07 Å². The maximum atomic E-state index is 4.10. The topological polar surface area (TPSA) is 59.4 Å². The molecule has 26 heavy (non-hydrogen) atoms. The van der Waals surface area contributed by atoms with Crippen LogP contribution in [0.1, 0.15) is 5.56 Å². The van der Waals surface area contributed by atoms with Crippen LogP contribution >= 0.6 is 15.9 Å². The smallest absolute Gasteiger partial charge is 0.204 e. The van der Waals surface area contributed by atoms with Crippen LogP contribution in [-0.2, 0) is 6.54 Å². The molecule has 0 aliphatic rings. The van der Waals surface area contributed by atoms with Gasteiger partial charge in [0.05, 0.1) is 0 Å². The molecule has 1 N–H and O–H groups in total. The quantitative estimate of drug-likeness (QED) is 0.471. The van der Waals surface area contributed by atoms with Crippen LogP contribution in [0.15, 0.2) is 71.2 Å². The van der Waals surface area contributed by atoms with Gasteiger partial charge < -0.3 is 4.57 Å². The first-order valence-electron chi connectivity index (χ1n) is 8.29. The maximum absolute atomic E-state index is 4.10. The fourth-order valence-electron chi connectivity index (χ4n) is 3.42. The summed E-state index contributed by atoms with van der Waals surface area (Å²) in [5.41, 5.74) is 4.63. The molecule has 6 heteroatoms. The zero-order valence-corrected chi connectivity index (χ0v) is 15.3. The van der Waals surface area contributed by atoms with Crippen LogP contribution in [0.2, 0.25) is 0 Å². The predicted octanol–water partition coefficient (Wildman–Crippen LogP) is 4.79. The molecule has 2 aromatic heterocycles. The Morgan fingerprint density at radius 1 is 0.885 bits per heavy atom. The molecule has 3 aromatic carbocycles. The lowest BCUT2D eigenvalue weighted by Crippen LogP contribution is -1.99. The number of hydrogen-bond donors (Lipinski definition) is 1. The summed E-state index contributed by atoms with van der Waals surface area (Å²) in [4.78, 5) is 0. The molecule has 0 bridgehead atoms. The van der Waals surface area contributed by atoms with E-state index in [4.69, 9.17) is 0 Å². The lowest BCUT2D eigenvalue weighted by molar-refractivity contribution is 0.869. The summed E-state index contributed by atoms with van der Waals surface area (Å²) in [7, 11) is 0. The minimum Gasteiger partial charge on any atom is -0.336 e. The Bertz CT molecular complexity index is 1210. The molecule has 0 fully saturated rings. The Morgan fingerprint density at radius 3 is 2.50 bits per heavy atom. The molecule has 0 aliphatic heterocycles. The van der Waals surface area contributed by atoms with Crippen LogP contribution in [0.4, 0.5) is 0 Å². The lowest BCUT2D eigenvalue weighted by Gasteiger charge is -2.08. The third-order valence-electron chi connectivity index (χ3n) is 4.63. The van der Waals surface area contributed by atoms with Crippen molar-refractivity contribution >= 4 is 37.7 Å². The Balaban J connectivity index is 1.72. The Labute approximate surface area is 157 Å². The van der Waals surface area contributed by atoms with Gasteiger partial charge in [0.2, 0.25) is 5.82 Å². The number of hydrogen-bond acceptors (Lipinski definition) is 3. The van der Waals surface area contributed by atoms with Crippen molar-refractivity contribution in [3.05, 3.63) is 76.8 Å². The highest BCUT2D eigenvalue weighted by atomic mass is 79.9. The number of tetrazole rings is 1. The van der Waals surface area contributed by atoms with Gasteiger partial charge in [-0.1, -0.05) is 46.3 Å². The van der Waals surface area contributed by atoms with Crippen molar-refractivity contribution in [2.45, 2.75) is 6.54 Å². The SMILES string of the molecule is Brc1ccc(Cn2c3ccccc3c3cc(-c4nn[nH]n4)ccc32)cc1. The number of fused-ring (bicyclic) bond motifs is 3. The number of aromatic amines is 1. The number of aromatic nitrogens is 5. The lowest BCUT2D eigenvalue weighted by atomic mass is 10.1. The number of para-hydroxylation sites is 1. The molecule has 0 amide bonds. The monoisotopic (exact) mass is 403 g/mol. The second kappa shape index (κ2) is 6.07. The average Bonchev–Trinajstić information content (AvgIpc) is 3.31. The van der Waals surface area contributed by atoms with Gasteiger partial charge in [-0.2, -0.15) is 5.21 Å². The summed E-state index contributed by atoms with van der Waals surface area (Å²) in [5, 5.41) is 16.8. The number of nitrogens with one attached hydrogen (secondary N) is 1. The van der Waals surface area contributed by atoms with Crippen LogP contribution in [0.5, 0.6) is 0 Å². The third kappa shape index (κ3) is 2.50. The normalized spacial score (nSPS) is 11.4. The minimum absolute atomic E-state index is 0.608. The van der Waals surface area contributed by atoms with Crippen molar-refractivity contribution in [1.82, 2.24) is 25.2 Å². The Morgan fingerprint density at radius 2 is 1.69 bits per heavy atom. The molecule has 5 aromatic rings. The second-order valence-corrected chi connectivity index (χ2v) is 7.11. The number of nitrogens with zero attached hydrogens (tertiary/aromatic N) is 4. The highest BCUT2D eigenvalue weighted by molar-refractivity contribution is 9.10. The van der Waals surface area contributed by atoms with Crippen LogP contribution in [0.3, 0.4) is 0 Å². The number of benzene rings is 3. The summed E-state index contributed by atoms with van der Waals surface area (Å²) >= 11 is 3.50. The van der Waals surface area contributed by atoms with E-state index in [9.17, 15) is 0 Å². The summed E-state index contributed by atoms with van der Waals surface area (Å²) in [6, 6.07) is 23.3. The molecule has 0 saturated heterocycles. The van der Waals surface area contributed by atoms with Crippen molar-refractivity contribution in [3.8, 4) is 11.4 Å². The van der Waals surface area contributed by atoms with Crippen LogP contribution in [0.25, 0.3) is 33.2 Å². The van der Waals surface area contributed by atoms with E-state index in [0.717, 1.165) is 16.6 Å². The summed E-state index contributed by atoms with van der Waals surface area (Å²) in [6.45, 7) is 0.818. The number of H-pyrrole nitrogens is 1. The first kappa shape index (κ1) is 15.3. The van der Waals surface area contributed by atoms with Crippen molar-refractivity contribution in [2.24, 2.45) is 0 Å². The minimum atomic E-state index is 0.608. The highest BCUT2D eigenvalue weighted by Crippen LogP contribution is 2.32. The molecule has 5 nitrogen and oxygen atoms in total. The zero-order chi connectivity index (χ0) is 17.5. The van der Waals surface area contributed by atoms with Crippen LogP contribution in [-0.4, -0.2) is 25.2 Å². The van der Waals surface area contributed by atoms with Crippen LogP contribution < -0.4 is 0 Å². The van der Waals surface area contributed by atoms with Gasteiger partial charge in [-0.05, 0) is 47.2 Å². The molecule has 0 unspecified atom stereocenters. The van der Waals surface area contributed by atoms with Crippen LogP contribution in [0, 0.1) is 0 Å². The first-order chi connectivity index (χ1) is 12.8. The summed E-state index contributed by atoms with van der Waals surface area (Å²) < 4.78 is 3.45. The fraction of sp³-hybridized carbons (Fsp3) is 0.0500. The van der Waals surface area contributed by atoms with Gasteiger partial charge in [0.1, 0.15) is 0 Å². The van der Waals surface area contributed by atoms with E-state index in [1.54, 1.807) is 0 Å². The zero-order valence-electron chi connectivity index (χ0n) is 13.7. The molecular weight excluding hydrogens is 390 g/mol. The van der Waals surface area contributed by atoms with Crippen molar-refractivity contribution < 1.29 is 0 Å².